The highest BCUT2D eigenvalue weighted by Crippen LogP contribution is 2.16. The predicted molar refractivity (Wildman–Crippen MR) is 63.9 cm³/mol. The molecule has 1 aliphatic rings. The standard InChI is InChI=1S/C11H22BrNO/c1-2-3-10(8-12)9-13-6-4-11(14)5-7-13/h10-11,14H,2-9H2,1H3. The Hall–Kier alpha value is 0.400. The van der Waals surface area contributed by atoms with E-state index in [1.54, 1.807) is 0 Å². The molecule has 1 atom stereocenters. The zero-order valence-electron chi connectivity index (χ0n) is 9.08. The van der Waals surface area contributed by atoms with Crippen LogP contribution in [-0.4, -0.2) is 41.1 Å². The first kappa shape index (κ1) is 12.5. The highest BCUT2D eigenvalue weighted by Gasteiger charge is 2.19. The molecule has 0 aromatic heterocycles. The van der Waals surface area contributed by atoms with Crippen LogP contribution in [0.3, 0.4) is 0 Å². The number of likely N-dealkylation sites (tertiary alicyclic amines) is 1. The molecule has 1 N–H and O–H groups in total. The smallest absolute Gasteiger partial charge is 0.0564 e. The van der Waals surface area contributed by atoms with Crippen LogP contribution in [0, 0.1) is 5.92 Å². The molecule has 1 fully saturated rings. The van der Waals surface area contributed by atoms with E-state index in [1.165, 1.54) is 19.4 Å². The van der Waals surface area contributed by atoms with Gasteiger partial charge in [-0.1, -0.05) is 29.3 Å². The van der Waals surface area contributed by atoms with Gasteiger partial charge in [-0.3, -0.25) is 0 Å². The summed E-state index contributed by atoms with van der Waals surface area (Å²) in [7, 11) is 0. The van der Waals surface area contributed by atoms with Crippen molar-refractivity contribution in [1.82, 2.24) is 4.90 Å². The zero-order valence-corrected chi connectivity index (χ0v) is 10.7. The molecule has 1 heterocycles. The number of hydrogen-bond acceptors (Lipinski definition) is 2. The van der Waals surface area contributed by atoms with Crippen LogP contribution in [0.2, 0.25) is 0 Å². The summed E-state index contributed by atoms with van der Waals surface area (Å²) >= 11 is 3.58. The second kappa shape index (κ2) is 6.81. The molecule has 0 spiro atoms. The Morgan fingerprint density at radius 3 is 2.57 bits per heavy atom. The topological polar surface area (TPSA) is 23.5 Å². The lowest BCUT2D eigenvalue weighted by Crippen LogP contribution is -2.39. The van der Waals surface area contributed by atoms with Gasteiger partial charge in [0.25, 0.3) is 0 Å². The Labute approximate surface area is 95.8 Å². The number of hydrogen-bond donors (Lipinski definition) is 1. The van der Waals surface area contributed by atoms with Crippen molar-refractivity contribution in [3.63, 3.8) is 0 Å². The Kier molecular flexibility index (Phi) is 6.06. The zero-order chi connectivity index (χ0) is 10.4. The molecule has 2 nitrogen and oxygen atoms in total. The Bertz CT molecular complexity index is 146. The summed E-state index contributed by atoms with van der Waals surface area (Å²) in [5.41, 5.74) is 0. The summed E-state index contributed by atoms with van der Waals surface area (Å²) < 4.78 is 0. The Morgan fingerprint density at radius 2 is 2.07 bits per heavy atom. The predicted octanol–water partition coefficient (Wildman–Crippen LogP) is 2.25. The van der Waals surface area contributed by atoms with Gasteiger partial charge in [-0.05, 0) is 25.2 Å². The molecule has 0 aromatic carbocycles. The van der Waals surface area contributed by atoms with E-state index < -0.39 is 0 Å². The number of rotatable bonds is 5. The second-order valence-electron chi connectivity index (χ2n) is 4.34. The van der Waals surface area contributed by atoms with E-state index in [9.17, 15) is 5.11 Å². The summed E-state index contributed by atoms with van der Waals surface area (Å²) in [5.74, 6) is 0.787. The van der Waals surface area contributed by atoms with E-state index in [4.69, 9.17) is 0 Å². The lowest BCUT2D eigenvalue weighted by molar-refractivity contribution is 0.0757. The molecule has 84 valence electrons. The van der Waals surface area contributed by atoms with Gasteiger partial charge in [0.2, 0.25) is 0 Å². The van der Waals surface area contributed by atoms with Crippen LogP contribution in [0.5, 0.6) is 0 Å². The van der Waals surface area contributed by atoms with Gasteiger partial charge in [0, 0.05) is 25.0 Å². The molecule has 0 radical (unpaired) electrons. The Balaban J connectivity index is 2.21. The fourth-order valence-corrected chi connectivity index (χ4v) is 2.62. The van der Waals surface area contributed by atoms with E-state index in [0.29, 0.717) is 0 Å². The highest BCUT2D eigenvalue weighted by atomic mass is 79.9. The summed E-state index contributed by atoms with van der Waals surface area (Å²) in [6.45, 7) is 5.60. The number of halogens is 1. The van der Waals surface area contributed by atoms with Crippen LogP contribution < -0.4 is 0 Å². The van der Waals surface area contributed by atoms with Gasteiger partial charge < -0.3 is 10.0 Å². The van der Waals surface area contributed by atoms with Crippen LogP contribution >= 0.6 is 15.9 Å². The van der Waals surface area contributed by atoms with Gasteiger partial charge in [0.15, 0.2) is 0 Å². The molecule has 3 heteroatoms. The largest absolute Gasteiger partial charge is 0.393 e. The first-order valence-electron chi connectivity index (χ1n) is 5.72. The van der Waals surface area contributed by atoms with Crippen molar-refractivity contribution < 1.29 is 5.11 Å². The minimum absolute atomic E-state index is 0.0418. The molecule has 0 aliphatic carbocycles. The van der Waals surface area contributed by atoms with Gasteiger partial charge >= 0.3 is 0 Å². The maximum Gasteiger partial charge on any atom is 0.0564 e. The number of nitrogens with zero attached hydrogens (tertiary/aromatic N) is 1. The van der Waals surface area contributed by atoms with Gasteiger partial charge in [0.05, 0.1) is 6.10 Å². The normalized spacial score (nSPS) is 22.5. The van der Waals surface area contributed by atoms with Crippen LogP contribution in [-0.2, 0) is 0 Å². The van der Waals surface area contributed by atoms with Crippen LogP contribution in [0.15, 0.2) is 0 Å². The summed E-state index contributed by atoms with van der Waals surface area (Å²) in [4.78, 5) is 2.49. The van der Waals surface area contributed by atoms with Gasteiger partial charge in [0.1, 0.15) is 0 Å². The Morgan fingerprint density at radius 1 is 1.43 bits per heavy atom. The SMILES string of the molecule is CCCC(CBr)CN1CCC(O)CC1. The molecular weight excluding hydrogens is 242 g/mol. The fraction of sp³-hybridized carbons (Fsp3) is 1.00. The van der Waals surface area contributed by atoms with Crippen molar-refractivity contribution in [2.24, 2.45) is 5.92 Å². The molecule has 1 rings (SSSR count). The van der Waals surface area contributed by atoms with E-state index in [0.717, 1.165) is 37.2 Å². The third kappa shape index (κ3) is 4.28. The first-order valence-corrected chi connectivity index (χ1v) is 6.84. The number of piperidine rings is 1. The van der Waals surface area contributed by atoms with Crippen LogP contribution in [0.4, 0.5) is 0 Å². The first-order chi connectivity index (χ1) is 6.76. The molecule has 0 bridgehead atoms. The maximum absolute atomic E-state index is 9.39. The third-order valence-electron chi connectivity index (χ3n) is 2.99. The van der Waals surface area contributed by atoms with E-state index in [2.05, 4.69) is 27.8 Å². The molecule has 0 aromatic rings. The fourth-order valence-electron chi connectivity index (χ4n) is 2.09. The van der Waals surface area contributed by atoms with Gasteiger partial charge in [-0.15, -0.1) is 0 Å². The van der Waals surface area contributed by atoms with E-state index >= 15 is 0 Å². The van der Waals surface area contributed by atoms with Crippen molar-refractivity contribution in [1.29, 1.82) is 0 Å². The van der Waals surface area contributed by atoms with Crippen molar-refractivity contribution in [2.45, 2.75) is 38.7 Å². The number of aliphatic hydroxyl groups excluding tert-OH is 1. The average molecular weight is 264 g/mol. The van der Waals surface area contributed by atoms with Crippen molar-refractivity contribution in [3.8, 4) is 0 Å². The number of aliphatic hydroxyl groups is 1. The van der Waals surface area contributed by atoms with E-state index in [1.807, 2.05) is 0 Å². The van der Waals surface area contributed by atoms with Crippen molar-refractivity contribution >= 4 is 15.9 Å². The molecule has 1 saturated heterocycles. The quantitative estimate of drug-likeness (QED) is 0.770. The third-order valence-corrected chi connectivity index (χ3v) is 3.90. The van der Waals surface area contributed by atoms with Crippen molar-refractivity contribution in [2.75, 3.05) is 25.0 Å². The number of alkyl halides is 1. The maximum atomic E-state index is 9.39. The van der Waals surface area contributed by atoms with Gasteiger partial charge in [-0.25, -0.2) is 0 Å². The molecule has 0 amide bonds. The lowest BCUT2D eigenvalue weighted by Gasteiger charge is -2.32. The summed E-state index contributed by atoms with van der Waals surface area (Å²) in [6, 6.07) is 0. The van der Waals surface area contributed by atoms with Crippen LogP contribution in [0.25, 0.3) is 0 Å². The van der Waals surface area contributed by atoms with Crippen LogP contribution in [0.1, 0.15) is 32.6 Å². The summed E-state index contributed by atoms with van der Waals surface area (Å²) in [6.07, 6.45) is 4.46. The monoisotopic (exact) mass is 263 g/mol. The minimum Gasteiger partial charge on any atom is -0.393 e. The van der Waals surface area contributed by atoms with Gasteiger partial charge in [-0.2, -0.15) is 0 Å². The van der Waals surface area contributed by atoms with Crippen molar-refractivity contribution in [3.05, 3.63) is 0 Å². The molecule has 1 aliphatic heterocycles. The minimum atomic E-state index is -0.0418. The second-order valence-corrected chi connectivity index (χ2v) is 4.99. The molecule has 0 saturated carbocycles. The molecule has 1 unspecified atom stereocenters. The highest BCUT2D eigenvalue weighted by molar-refractivity contribution is 9.09. The van der Waals surface area contributed by atoms with E-state index in [-0.39, 0.29) is 6.10 Å². The average Bonchev–Trinajstić information content (AvgIpc) is 2.20. The molecule has 14 heavy (non-hydrogen) atoms. The lowest BCUT2D eigenvalue weighted by atomic mass is 10.0. The summed E-state index contributed by atoms with van der Waals surface area (Å²) in [5, 5.41) is 10.5. The molecular formula is C11H22BrNO.